The van der Waals surface area contributed by atoms with E-state index >= 15 is 0 Å². The average Bonchev–Trinajstić information content (AvgIpc) is 3.15. The maximum Gasteiger partial charge on any atom is 0.255 e. The van der Waals surface area contributed by atoms with Crippen LogP contribution in [0.15, 0.2) is 84.6 Å². The van der Waals surface area contributed by atoms with E-state index in [-0.39, 0.29) is 5.91 Å². The molecule has 0 radical (unpaired) electrons. The van der Waals surface area contributed by atoms with Gasteiger partial charge in [-0.25, -0.2) is 0 Å². The van der Waals surface area contributed by atoms with Gasteiger partial charge in [0.2, 0.25) is 0 Å². The van der Waals surface area contributed by atoms with Crippen LogP contribution in [0.4, 0.5) is 5.69 Å². The van der Waals surface area contributed by atoms with E-state index in [2.05, 4.69) is 17.2 Å². The molecule has 162 valence electrons. The Bertz CT molecular complexity index is 1270. The molecule has 0 saturated carbocycles. The van der Waals surface area contributed by atoms with Crippen molar-refractivity contribution in [1.82, 2.24) is 9.88 Å². The van der Waals surface area contributed by atoms with Gasteiger partial charge in [0.25, 0.3) is 5.91 Å². The SMILES string of the molecule is C=C/C(C=N)=C(C)\C=C/NC(=O)c1ccc(NC)c(C(=N)c2cc3ccccc3n2C)c1. The summed E-state index contributed by atoms with van der Waals surface area (Å²) in [5.41, 5.74) is 5.51. The predicted molar refractivity (Wildman–Crippen MR) is 133 cm³/mol. The van der Waals surface area contributed by atoms with Crippen LogP contribution in [0.25, 0.3) is 10.9 Å². The number of rotatable bonds is 8. The summed E-state index contributed by atoms with van der Waals surface area (Å²) in [6.45, 7) is 5.52. The maximum absolute atomic E-state index is 12.7. The molecule has 2 aromatic carbocycles. The van der Waals surface area contributed by atoms with E-state index in [1.54, 1.807) is 43.6 Å². The molecule has 0 bridgehead atoms. The fourth-order valence-electron chi connectivity index (χ4n) is 3.53. The Hall–Kier alpha value is -4.19. The molecule has 6 heteroatoms. The normalized spacial score (nSPS) is 11.8. The van der Waals surface area contributed by atoms with Crippen LogP contribution in [0.1, 0.15) is 28.5 Å². The molecule has 0 saturated heterocycles. The first kappa shape index (κ1) is 22.5. The Morgan fingerprint density at radius 2 is 1.91 bits per heavy atom. The molecule has 0 unspecified atom stereocenters. The molecule has 0 aliphatic heterocycles. The number of hydrogen-bond donors (Lipinski definition) is 4. The van der Waals surface area contributed by atoms with Crippen LogP contribution < -0.4 is 10.6 Å². The van der Waals surface area contributed by atoms with E-state index < -0.39 is 0 Å². The fourth-order valence-corrected chi connectivity index (χ4v) is 3.53. The van der Waals surface area contributed by atoms with Crippen LogP contribution in [0.3, 0.4) is 0 Å². The van der Waals surface area contributed by atoms with Gasteiger partial charge in [-0.3, -0.25) is 10.2 Å². The van der Waals surface area contributed by atoms with Gasteiger partial charge in [0.15, 0.2) is 0 Å². The summed E-state index contributed by atoms with van der Waals surface area (Å²) in [4.78, 5) is 12.7. The third kappa shape index (κ3) is 4.44. The molecular weight excluding hydrogens is 398 g/mol. The van der Waals surface area contributed by atoms with Crippen LogP contribution in [0.2, 0.25) is 0 Å². The lowest BCUT2D eigenvalue weighted by Gasteiger charge is -2.13. The molecular formula is C26H27N5O. The van der Waals surface area contributed by atoms with Crippen molar-refractivity contribution in [3.63, 3.8) is 0 Å². The van der Waals surface area contributed by atoms with E-state index in [0.717, 1.165) is 27.9 Å². The Morgan fingerprint density at radius 3 is 2.56 bits per heavy atom. The lowest BCUT2D eigenvalue weighted by molar-refractivity contribution is 0.0970. The van der Waals surface area contributed by atoms with Crippen molar-refractivity contribution < 1.29 is 4.79 Å². The van der Waals surface area contributed by atoms with Crippen molar-refractivity contribution >= 4 is 34.4 Å². The van der Waals surface area contributed by atoms with Crippen molar-refractivity contribution in [2.24, 2.45) is 7.05 Å². The topological polar surface area (TPSA) is 93.8 Å². The minimum Gasteiger partial charge on any atom is -0.388 e. The summed E-state index contributed by atoms with van der Waals surface area (Å²) in [7, 11) is 3.74. The van der Waals surface area contributed by atoms with Gasteiger partial charge in [0.1, 0.15) is 0 Å². The number of amides is 1. The highest BCUT2D eigenvalue weighted by Gasteiger charge is 2.17. The molecule has 0 atom stereocenters. The average molecular weight is 426 g/mol. The highest BCUT2D eigenvalue weighted by Crippen LogP contribution is 2.25. The molecule has 1 aromatic heterocycles. The number of fused-ring (bicyclic) bond motifs is 1. The van der Waals surface area contributed by atoms with Crippen LogP contribution in [0.5, 0.6) is 0 Å². The second kappa shape index (κ2) is 9.75. The molecule has 0 fully saturated rings. The van der Waals surface area contributed by atoms with Gasteiger partial charge in [-0.1, -0.05) is 30.9 Å². The minimum absolute atomic E-state index is 0.280. The molecule has 1 amide bonds. The lowest BCUT2D eigenvalue weighted by atomic mass is 10.0. The zero-order chi connectivity index (χ0) is 23.3. The van der Waals surface area contributed by atoms with Crippen molar-refractivity contribution in [3.05, 3.63) is 101 Å². The van der Waals surface area contributed by atoms with Gasteiger partial charge < -0.3 is 20.6 Å². The number of para-hydroxylation sites is 1. The summed E-state index contributed by atoms with van der Waals surface area (Å²) in [6.07, 6.45) is 6.08. The number of hydrogen-bond acceptors (Lipinski definition) is 4. The van der Waals surface area contributed by atoms with Crippen LogP contribution in [-0.4, -0.2) is 29.4 Å². The van der Waals surface area contributed by atoms with Gasteiger partial charge in [0, 0.05) is 54.2 Å². The van der Waals surface area contributed by atoms with Crippen molar-refractivity contribution in [2.45, 2.75) is 6.92 Å². The molecule has 6 nitrogen and oxygen atoms in total. The number of aromatic nitrogens is 1. The molecule has 0 aliphatic rings. The van der Waals surface area contributed by atoms with Crippen LogP contribution in [0, 0.1) is 10.8 Å². The number of nitrogens with zero attached hydrogens (tertiary/aromatic N) is 1. The predicted octanol–water partition coefficient (Wildman–Crippen LogP) is 5.03. The van der Waals surface area contributed by atoms with E-state index in [9.17, 15) is 4.79 Å². The molecule has 0 aliphatic carbocycles. The Morgan fingerprint density at radius 1 is 1.16 bits per heavy atom. The van der Waals surface area contributed by atoms with Gasteiger partial charge in [-0.05, 0) is 54.5 Å². The summed E-state index contributed by atoms with van der Waals surface area (Å²) >= 11 is 0. The Balaban J connectivity index is 1.91. The summed E-state index contributed by atoms with van der Waals surface area (Å²) < 4.78 is 1.99. The zero-order valence-electron chi connectivity index (χ0n) is 18.5. The van der Waals surface area contributed by atoms with Crippen LogP contribution >= 0.6 is 0 Å². The van der Waals surface area contributed by atoms with Crippen molar-refractivity contribution in [2.75, 3.05) is 12.4 Å². The van der Waals surface area contributed by atoms with Gasteiger partial charge in [0.05, 0.1) is 11.4 Å². The highest BCUT2D eigenvalue weighted by molar-refractivity contribution is 6.16. The van der Waals surface area contributed by atoms with Crippen molar-refractivity contribution in [3.8, 4) is 0 Å². The number of nitrogens with one attached hydrogen (secondary N) is 4. The van der Waals surface area contributed by atoms with Gasteiger partial charge in [-0.2, -0.15) is 0 Å². The smallest absolute Gasteiger partial charge is 0.255 e. The third-order valence-corrected chi connectivity index (χ3v) is 5.41. The third-order valence-electron chi connectivity index (χ3n) is 5.41. The maximum atomic E-state index is 12.7. The van der Waals surface area contributed by atoms with Crippen molar-refractivity contribution in [1.29, 1.82) is 10.8 Å². The molecule has 32 heavy (non-hydrogen) atoms. The highest BCUT2D eigenvalue weighted by atomic mass is 16.1. The second-order valence-electron chi connectivity index (χ2n) is 7.33. The first-order valence-corrected chi connectivity index (χ1v) is 10.2. The number of carbonyl (C=O) groups excluding carboxylic acids is 1. The first-order valence-electron chi connectivity index (χ1n) is 10.2. The standard InChI is InChI=1S/C26H27N5O/c1-5-18(16-27)17(2)12-13-30-26(32)20-10-11-22(29-3)21(14-20)25(28)24-15-19-8-6-7-9-23(19)31(24)4/h5-16,27-29H,1H2,2-4H3,(H,30,32)/b13-12-,18-17+,27-16?,28-25?. The Labute approximate surface area is 188 Å². The number of benzene rings is 2. The number of aryl methyl sites for hydroxylation is 1. The molecule has 3 rings (SSSR count). The fraction of sp³-hybridized carbons (Fsp3) is 0.115. The number of carbonyl (C=O) groups is 1. The number of anilines is 1. The lowest BCUT2D eigenvalue weighted by Crippen LogP contribution is -2.18. The molecule has 3 aromatic rings. The number of allylic oxidation sites excluding steroid dienone is 4. The summed E-state index contributed by atoms with van der Waals surface area (Å²) in [5.74, 6) is -0.280. The van der Waals surface area contributed by atoms with E-state index in [0.29, 0.717) is 22.4 Å². The molecule has 0 spiro atoms. The zero-order valence-corrected chi connectivity index (χ0v) is 18.5. The quantitative estimate of drug-likeness (QED) is 0.301. The van der Waals surface area contributed by atoms with Gasteiger partial charge in [-0.15, -0.1) is 0 Å². The van der Waals surface area contributed by atoms with E-state index in [1.165, 1.54) is 6.21 Å². The Kier molecular flexibility index (Phi) is 6.85. The largest absolute Gasteiger partial charge is 0.388 e. The molecule has 1 heterocycles. The monoisotopic (exact) mass is 425 g/mol. The van der Waals surface area contributed by atoms with E-state index in [4.69, 9.17) is 10.8 Å². The first-order chi connectivity index (χ1) is 15.4. The summed E-state index contributed by atoms with van der Waals surface area (Å²) in [6, 6.07) is 15.2. The molecule has 4 N–H and O–H groups in total. The second-order valence-corrected chi connectivity index (χ2v) is 7.33. The van der Waals surface area contributed by atoms with Crippen LogP contribution in [-0.2, 0) is 7.05 Å². The summed E-state index contributed by atoms with van der Waals surface area (Å²) in [5, 5.41) is 23.2. The van der Waals surface area contributed by atoms with Gasteiger partial charge >= 0.3 is 0 Å². The minimum atomic E-state index is -0.280. The van der Waals surface area contributed by atoms with E-state index in [1.807, 2.05) is 48.9 Å².